The van der Waals surface area contributed by atoms with Crippen molar-refractivity contribution >= 4 is 29.3 Å². The van der Waals surface area contributed by atoms with Crippen LogP contribution in [0.5, 0.6) is 0 Å². The fourth-order valence-corrected chi connectivity index (χ4v) is 4.75. The molecule has 7 heteroatoms. The maximum atomic E-state index is 12.8. The van der Waals surface area contributed by atoms with E-state index in [9.17, 15) is 14.7 Å². The lowest BCUT2D eigenvalue weighted by Crippen LogP contribution is -2.32. The monoisotopic (exact) mass is 441 g/mol. The summed E-state index contributed by atoms with van der Waals surface area (Å²) >= 11 is 1.50. The third-order valence-electron chi connectivity index (χ3n) is 5.36. The van der Waals surface area contributed by atoms with Gasteiger partial charge in [-0.1, -0.05) is 24.6 Å². The minimum absolute atomic E-state index is 0.0000507. The molecule has 1 aliphatic rings. The van der Waals surface area contributed by atoms with Crippen LogP contribution in [0.4, 0.5) is 0 Å². The number of ether oxygens (including phenoxy) is 2. The van der Waals surface area contributed by atoms with Gasteiger partial charge in [0.2, 0.25) is 0 Å². The van der Waals surface area contributed by atoms with Crippen molar-refractivity contribution < 1.29 is 24.2 Å². The molecule has 2 aromatic rings. The van der Waals surface area contributed by atoms with E-state index in [1.54, 1.807) is 12.1 Å². The van der Waals surface area contributed by atoms with E-state index in [0.29, 0.717) is 11.3 Å². The van der Waals surface area contributed by atoms with Crippen LogP contribution in [0, 0.1) is 26.7 Å². The van der Waals surface area contributed by atoms with Gasteiger partial charge in [-0.15, -0.1) is 11.8 Å². The SMILES string of the molecule is COC(=O)c1ccc(SCC(C)C2CC(O)=C(c3c(C)cc(C)cc3C)C(=O)O2)nc1. The van der Waals surface area contributed by atoms with Gasteiger partial charge < -0.3 is 14.6 Å². The van der Waals surface area contributed by atoms with E-state index < -0.39 is 18.0 Å². The summed E-state index contributed by atoms with van der Waals surface area (Å²) in [6.07, 6.45) is 1.35. The Bertz CT molecular complexity index is 1010. The van der Waals surface area contributed by atoms with Crippen molar-refractivity contribution in [2.24, 2.45) is 5.92 Å². The number of aryl methyl sites for hydroxylation is 3. The smallest absolute Gasteiger partial charge is 0.342 e. The summed E-state index contributed by atoms with van der Waals surface area (Å²) in [5.74, 6) is -0.188. The van der Waals surface area contributed by atoms with Crippen molar-refractivity contribution in [2.75, 3.05) is 12.9 Å². The lowest BCUT2D eigenvalue weighted by atomic mass is 9.89. The van der Waals surface area contributed by atoms with Crippen molar-refractivity contribution in [3.8, 4) is 0 Å². The predicted octanol–water partition coefficient (Wildman–Crippen LogP) is 4.81. The predicted molar refractivity (Wildman–Crippen MR) is 120 cm³/mol. The molecule has 2 heterocycles. The zero-order chi connectivity index (χ0) is 22.7. The summed E-state index contributed by atoms with van der Waals surface area (Å²) in [5, 5.41) is 11.5. The topological polar surface area (TPSA) is 85.7 Å². The first-order valence-corrected chi connectivity index (χ1v) is 11.1. The van der Waals surface area contributed by atoms with Crippen molar-refractivity contribution in [1.29, 1.82) is 0 Å². The number of thioether (sulfide) groups is 1. The minimum Gasteiger partial charge on any atom is -0.511 e. The summed E-state index contributed by atoms with van der Waals surface area (Å²) in [7, 11) is 1.33. The van der Waals surface area contributed by atoms with Crippen LogP contribution in [-0.2, 0) is 14.3 Å². The Labute approximate surface area is 186 Å². The van der Waals surface area contributed by atoms with Crippen LogP contribution in [0.1, 0.15) is 46.0 Å². The van der Waals surface area contributed by atoms with Gasteiger partial charge in [-0.3, -0.25) is 0 Å². The molecule has 1 aromatic carbocycles. The molecule has 6 nitrogen and oxygen atoms in total. The Morgan fingerprint density at radius 1 is 1.29 bits per heavy atom. The third kappa shape index (κ3) is 5.10. The summed E-state index contributed by atoms with van der Waals surface area (Å²) < 4.78 is 10.4. The number of hydrogen-bond donors (Lipinski definition) is 1. The fraction of sp³-hybridized carbons (Fsp3) is 0.375. The number of aliphatic hydroxyl groups excluding tert-OH is 1. The maximum absolute atomic E-state index is 12.8. The Balaban J connectivity index is 1.69. The van der Waals surface area contributed by atoms with Crippen LogP contribution in [0.25, 0.3) is 5.57 Å². The molecule has 1 aliphatic heterocycles. The van der Waals surface area contributed by atoms with Crippen LogP contribution >= 0.6 is 11.8 Å². The van der Waals surface area contributed by atoms with Gasteiger partial charge in [0.1, 0.15) is 17.4 Å². The quantitative estimate of drug-likeness (QED) is 0.509. The van der Waals surface area contributed by atoms with Gasteiger partial charge in [-0.2, -0.15) is 0 Å². The summed E-state index contributed by atoms with van der Waals surface area (Å²) in [4.78, 5) is 28.6. The number of carbonyl (C=O) groups excluding carboxylic acids is 2. The van der Waals surface area contributed by atoms with Gasteiger partial charge in [0.05, 0.1) is 17.7 Å². The molecule has 2 unspecified atom stereocenters. The molecule has 0 saturated heterocycles. The second kappa shape index (κ2) is 9.56. The minimum atomic E-state index is -0.485. The zero-order valence-corrected chi connectivity index (χ0v) is 19.2. The average Bonchev–Trinajstić information content (AvgIpc) is 2.72. The van der Waals surface area contributed by atoms with Gasteiger partial charge >= 0.3 is 11.9 Å². The molecule has 1 N–H and O–H groups in total. The van der Waals surface area contributed by atoms with Gasteiger partial charge in [0.25, 0.3) is 0 Å². The molecule has 2 atom stereocenters. The summed E-state index contributed by atoms with van der Waals surface area (Å²) in [6.45, 7) is 7.86. The standard InChI is InChI=1S/C24H27NO5S/c1-13-8-14(2)21(15(3)9-13)22-18(26)10-19(30-24(22)28)16(4)12-31-20-7-6-17(11-25-20)23(27)29-5/h6-9,11,16,19,26H,10,12H2,1-5H3. The number of nitrogens with zero attached hydrogens (tertiary/aromatic N) is 1. The normalized spacial score (nSPS) is 17.3. The lowest BCUT2D eigenvalue weighted by Gasteiger charge is -2.29. The first-order chi connectivity index (χ1) is 14.7. The number of carbonyl (C=O) groups is 2. The number of benzene rings is 1. The third-order valence-corrected chi connectivity index (χ3v) is 6.59. The van der Waals surface area contributed by atoms with Crippen LogP contribution < -0.4 is 0 Å². The molecule has 0 aliphatic carbocycles. The molecule has 0 fully saturated rings. The number of hydrogen-bond acceptors (Lipinski definition) is 7. The molecule has 3 rings (SSSR count). The van der Waals surface area contributed by atoms with Crippen LogP contribution in [0.15, 0.2) is 41.2 Å². The van der Waals surface area contributed by atoms with E-state index in [1.807, 2.05) is 39.8 Å². The average molecular weight is 442 g/mol. The van der Waals surface area contributed by atoms with Crippen LogP contribution in [0.2, 0.25) is 0 Å². The number of cyclic esters (lactones) is 1. The van der Waals surface area contributed by atoms with Gasteiger partial charge in [-0.25, -0.2) is 14.6 Å². The first kappa shape index (κ1) is 22.9. The molecule has 0 saturated carbocycles. The summed E-state index contributed by atoms with van der Waals surface area (Å²) in [5.41, 5.74) is 4.42. The highest BCUT2D eigenvalue weighted by Gasteiger charge is 2.34. The second-order valence-electron chi connectivity index (χ2n) is 7.91. The second-order valence-corrected chi connectivity index (χ2v) is 8.95. The molecule has 0 spiro atoms. The number of rotatable bonds is 6. The number of methoxy groups -OCH3 is 1. The van der Waals surface area contributed by atoms with Crippen molar-refractivity contribution in [1.82, 2.24) is 4.98 Å². The molecule has 0 bridgehead atoms. The zero-order valence-electron chi connectivity index (χ0n) is 18.4. The molecule has 0 radical (unpaired) electrons. The van der Waals surface area contributed by atoms with Gasteiger partial charge in [0.15, 0.2) is 0 Å². The van der Waals surface area contributed by atoms with E-state index >= 15 is 0 Å². The molecular weight excluding hydrogens is 414 g/mol. The highest BCUT2D eigenvalue weighted by atomic mass is 32.2. The number of aliphatic hydroxyl groups is 1. The Morgan fingerprint density at radius 3 is 2.52 bits per heavy atom. The molecular formula is C24H27NO5S. The van der Waals surface area contributed by atoms with Crippen LogP contribution in [0.3, 0.4) is 0 Å². The first-order valence-electron chi connectivity index (χ1n) is 10.1. The lowest BCUT2D eigenvalue weighted by molar-refractivity contribution is -0.145. The fourth-order valence-electron chi connectivity index (χ4n) is 3.81. The largest absolute Gasteiger partial charge is 0.511 e. The number of pyridine rings is 1. The Hall–Kier alpha value is -2.80. The number of esters is 2. The molecule has 31 heavy (non-hydrogen) atoms. The highest BCUT2D eigenvalue weighted by molar-refractivity contribution is 7.99. The van der Waals surface area contributed by atoms with Crippen LogP contribution in [-0.4, -0.2) is 41.0 Å². The summed E-state index contributed by atoms with van der Waals surface area (Å²) in [6, 6.07) is 7.42. The van der Waals surface area contributed by atoms with E-state index in [-0.39, 0.29) is 23.7 Å². The Morgan fingerprint density at radius 2 is 1.97 bits per heavy atom. The van der Waals surface area contributed by atoms with E-state index in [4.69, 9.17) is 4.74 Å². The molecule has 164 valence electrons. The number of aromatic nitrogens is 1. The highest BCUT2D eigenvalue weighted by Crippen LogP contribution is 2.35. The van der Waals surface area contributed by atoms with Crippen molar-refractivity contribution in [2.45, 2.75) is 45.2 Å². The molecule has 0 amide bonds. The van der Waals surface area contributed by atoms with Crippen molar-refractivity contribution in [3.05, 3.63) is 64.0 Å². The maximum Gasteiger partial charge on any atom is 0.342 e. The van der Waals surface area contributed by atoms with E-state index in [1.165, 1.54) is 25.1 Å². The van der Waals surface area contributed by atoms with Crippen molar-refractivity contribution in [3.63, 3.8) is 0 Å². The van der Waals surface area contributed by atoms with Gasteiger partial charge in [-0.05, 0) is 49.6 Å². The van der Waals surface area contributed by atoms with Gasteiger partial charge in [0, 0.05) is 24.3 Å². The Kier molecular flexibility index (Phi) is 7.05. The molecule has 1 aromatic heterocycles. The van der Waals surface area contributed by atoms with E-state index in [0.717, 1.165) is 27.3 Å². The van der Waals surface area contributed by atoms with E-state index in [2.05, 4.69) is 9.72 Å².